The molecular formula is C6H8BClNO2. The monoisotopic (exact) mass is 172 g/mol. The highest BCUT2D eigenvalue weighted by Crippen LogP contribution is 2.14. The average molecular weight is 172 g/mol. The molecular weight excluding hydrogens is 164 g/mol. The van der Waals surface area contributed by atoms with Gasteiger partial charge in [-0.15, -0.1) is 0 Å². The van der Waals surface area contributed by atoms with Gasteiger partial charge in [0.15, 0.2) is 0 Å². The van der Waals surface area contributed by atoms with Gasteiger partial charge in [-0.1, -0.05) is 11.6 Å². The van der Waals surface area contributed by atoms with Gasteiger partial charge in [0.1, 0.15) is 11.3 Å². The average Bonchev–Trinajstić information content (AvgIpc) is 2.04. The van der Waals surface area contributed by atoms with E-state index in [1.807, 2.05) is 0 Å². The van der Waals surface area contributed by atoms with E-state index in [0.29, 0.717) is 11.2 Å². The second-order valence-corrected chi connectivity index (χ2v) is 2.50. The van der Waals surface area contributed by atoms with Crippen LogP contribution in [0.15, 0.2) is 23.5 Å². The molecule has 0 fully saturated rings. The van der Waals surface area contributed by atoms with Crippen LogP contribution in [0, 0.1) is 0 Å². The molecule has 0 aromatic rings. The van der Waals surface area contributed by atoms with Crippen molar-refractivity contribution in [3.63, 3.8) is 0 Å². The standard InChI is InChI=1S/C6H8BClNO2/c1-11-5-3-9-6(8)2-4(5)7-10/h2-3,6,9-10H,1H3. The molecule has 1 aliphatic rings. The van der Waals surface area contributed by atoms with Crippen molar-refractivity contribution in [3.8, 4) is 0 Å². The largest absolute Gasteiger partial charge is 0.496 e. The summed E-state index contributed by atoms with van der Waals surface area (Å²) >= 11 is 5.69. The van der Waals surface area contributed by atoms with Crippen LogP contribution in [-0.2, 0) is 4.74 Å². The molecule has 1 atom stereocenters. The first kappa shape index (κ1) is 8.49. The summed E-state index contributed by atoms with van der Waals surface area (Å²) in [7, 11) is 2.49. The molecule has 0 saturated heterocycles. The normalized spacial score (nSPS) is 23.0. The van der Waals surface area contributed by atoms with E-state index in [1.54, 1.807) is 12.3 Å². The molecule has 0 aromatic carbocycles. The minimum absolute atomic E-state index is 0.285. The van der Waals surface area contributed by atoms with E-state index in [-0.39, 0.29) is 5.50 Å². The van der Waals surface area contributed by atoms with Crippen LogP contribution in [0.3, 0.4) is 0 Å². The number of rotatable bonds is 2. The minimum Gasteiger partial charge on any atom is -0.496 e. The summed E-state index contributed by atoms with van der Waals surface area (Å²) in [4.78, 5) is 0. The Hall–Kier alpha value is -0.605. The number of hydrogen-bond acceptors (Lipinski definition) is 3. The van der Waals surface area contributed by atoms with Crippen molar-refractivity contribution in [1.82, 2.24) is 5.32 Å². The van der Waals surface area contributed by atoms with Gasteiger partial charge < -0.3 is 15.1 Å². The smallest absolute Gasteiger partial charge is 0.330 e. The second-order valence-electron chi connectivity index (χ2n) is 2.03. The van der Waals surface area contributed by atoms with Crippen molar-refractivity contribution in [2.75, 3.05) is 7.11 Å². The topological polar surface area (TPSA) is 41.5 Å². The first-order valence-electron chi connectivity index (χ1n) is 3.12. The molecule has 1 rings (SSSR count). The Morgan fingerprint density at radius 1 is 1.82 bits per heavy atom. The fraction of sp³-hybridized carbons (Fsp3) is 0.333. The van der Waals surface area contributed by atoms with Gasteiger partial charge >= 0.3 is 7.48 Å². The van der Waals surface area contributed by atoms with Crippen molar-refractivity contribution in [2.24, 2.45) is 0 Å². The van der Waals surface area contributed by atoms with Gasteiger partial charge in [0, 0.05) is 6.20 Å². The number of halogens is 1. The highest BCUT2D eigenvalue weighted by Gasteiger charge is 2.13. The molecule has 1 heterocycles. The molecule has 59 valence electrons. The highest BCUT2D eigenvalue weighted by atomic mass is 35.5. The molecule has 1 radical (unpaired) electrons. The molecule has 11 heavy (non-hydrogen) atoms. The second kappa shape index (κ2) is 3.69. The number of dihydropyridines is 1. The van der Waals surface area contributed by atoms with Crippen LogP contribution in [0.25, 0.3) is 0 Å². The fourth-order valence-corrected chi connectivity index (χ4v) is 1.01. The fourth-order valence-electron chi connectivity index (χ4n) is 0.810. The Bertz CT molecular complexity index is 205. The molecule has 1 unspecified atom stereocenters. The van der Waals surface area contributed by atoms with Gasteiger partial charge in [0.05, 0.1) is 7.11 Å². The molecule has 1 aliphatic heterocycles. The maximum Gasteiger partial charge on any atom is 0.330 e. The number of methoxy groups -OCH3 is 1. The Kier molecular flexibility index (Phi) is 2.85. The number of ether oxygens (including phenoxy) is 1. The maximum absolute atomic E-state index is 8.71. The lowest BCUT2D eigenvalue weighted by Gasteiger charge is -2.16. The molecule has 0 bridgehead atoms. The quantitative estimate of drug-likeness (QED) is 0.354. The Balaban J connectivity index is 2.74. The number of allylic oxidation sites excluding steroid dienone is 1. The van der Waals surface area contributed by atoms with Crippen LogP contribution in [0.5, 0.6) is 0 Å². The van der Waals surface area contributed by atoms with Gasteiger partial charge in [0.25, 0.3) is 0 Å². The van der Waals surface area contributed by atoms with Gasteiger partial charge in [-0.3, -0.25) is 0 Å². The molecule has 0 saturated carbocycles. The summed E-state index contributed by atoms with van der Waals surface area (Å²) in [5.41, 5.74) is 0.304. The SMILES string of the molecule is COC1=CNC(Cl)C=C1[B]O. The van der Waals surface area contributed by atoms with Gasteiger partial charge in [0.2, 0.25) is 0 Å². The lowest BCUT2D eigenvalue weighted by Crippen LogP contribution is -2.23. The van der Waals surface area contributed by atoms with Gasteiger partial charge in [-0.05, 0) is 11.5 Å². The summed E-state index contributed by atoms with van der Waals surface area (Å²) < 4.78 is 4.92. The Morgan fingerprint density at radius 3 is 3.09 bits per heavy atom. The van der Waals surface area contributed by atoms with E-state index < -0.39 is 0 Å². The molecule has 0 amide bonds. The minimum atomic E-state index is -0.285. The van der Waals surface area contributed by atoms with Crippen molar-refractivity contribution in [3.05, 3.63) is 23.5 Å². The molecule has 5 heteroatoms. The predicted molar refractivity (Wildman–Crippen MR) is 43.9 cm³/mol. The molecule has 0 aliphatic carbocycles. The maximum atomic E-state index is 8.71. The third-order valence-corrected chi connectivity index (χ3v) is 1.60. The molecule has 0 aromatic heterocycles. The van der Waals surface area contributed by atoms with Crippen molar-refractivity contribution in [2.45, 2.75) is 5.50 Å². The van der Waals surface area contributed by atoms with Crippen LogP contribution in [0.2, 0.25) is 0 Å². The third-order valence-electron chi connectivity index (χ3n) is 1.34. The number of alkyl halides is 1. The van der Waals surface area contributed by atoms with E-state index in [9.17, 15) is 0 Å². The third kappa shape index (κ3) is 1.91. The van der Waals surface area contributed by atoms with Crippen molar-refractivity contribution in [1.29, 1.82) is 0 Å². The van der Waals surface area contributed by atoms with Crippen molar-refractivity contribution >= 4 is 19.1 Å². The van der Waals surface area contributed by atoms with Crippen LogP contribution in [0.4, 0.5) is 0 Å². The van der Waals surface area contributed by atoms with Crippen LogP contribution >= 0.6 is 11.6 Å². The molecule has 3 nitrogen and oxygen atoms in total. The van der Waals surface area contributed by atoms with E-state index in [1.165, 1.54) is 7.11 Å². The lowest BCUT2D eigenvalue weighted by atomic mass is 9.85. The number of hydrogen-bond donors (Lipinski definition) is 2. The highest BCUT2D eigenvalue weighted by molar-refractivity contribution is 6.38. The summed E-state index contributed by atoms with van der Waals surface area (Å²) in [6.07, 6.45) is 3.26. The molecule has 2 N–H and O–H groups in total. The lowest BCUT2D eigenvalue weighted by molar-refractivity contribution is 0.298. The zero-order valence-electron chi connectivity index (χ0n) is 6.04. The number of nitrogens with one attached hydrogen (secondary N) is 1. The first-order chi connectivity index (χ1) is 5.27. The van der Waals surface area contributed by atoms with Gasteiger partial charge in [-0.2, -0.15) is 0 Å². The summed E-state index contributed by atoms with van der Waals surface area (Å²) in [5.74, 6) is 0.574. The summed E-state index contributed by atoms with van der Waals surface area (Å²) in [6.45, 7) is 0. The van der Waals surface area contributed by atoms with E-state index in [0.717, 1.165) is 7.48 Å². The van der Waals surface area contributed by atoms with E-state index in [4.69, 9.17) is 21.4 Å². The summed E-state index contributed by atoms with van der Waals surface area (Å²) in [5, 5.41) is 11.5. The Labute approximate surface area is 71.0 Å². The van der Waals surface area contributed by atoms with E-state index >= 15 is 0 Å². The van der Waals surface area contributed by atoms with Crippen LogP contribution < -0.4 is 5.32 Å². The van der Waals surface area contributed by atoms with Crippen molar-refractivity contribution < 1.29 is 9.76 Å². The zero-order valence-corrected chi connectivity index (χ0v) is 6.80. The zero-order chi connectivity index (χ0) is 8.27. The summed E-state index contributed by atoms with van der Waals surface area (Å²) in [6, 6.07) is 0. The predicted octanol–water partition coefficient (Wildman–Crippen LogP) is 0.138. The Morgan fingerprint density at radius 2 is 2.55 bits per heavy atom. The van der Waals surface area contributed by atoms with Crippen LogP contribution in [0.1, 0.15) is 0 Å². The van der Waals surface area contributed by atoms with Crippen LogP contribution in [-0.4, -0.2) is 25.1 Å². The first-order valence-corrected chi connectivity index (χ1v) is 3.55. The molecule has 0 spiro atoms. The van der Waals surface area contributed by atoms with Gasteiger partial charge in [-0.25, -0.2) is 0 Å². The van der Waals surface area contributed by atoms with E-state index in [2.05, 4.69) is 5.32 Å².